The lowest BCUT2D eigenvalue weighted by Gasteiger charge is -2.30. The number of aromatic nitrogens is 5. The highest BCUT2D eigenvalue weighted by Gasteiger charge is 2.26. The predicted octanol–water partition coefficient (Wildman–Crippen LogP) is 3.77. The molecule has 4 aromatic rings. The van der Waals surface area contributed by atoms with Crippen LogP contribution in [0, 0.1) is 0 Å². The van der Waals surface area contributed by atoms with Gasteiger partial charge in [-0.1, -0.05) is 0 Å². The second-order valence-corrected chi connectivity index (χ2v) is 7.50. The van der Waals surface area contributed by atoms with E-state index in [0.29, 0.717) is 6.04 Å². The van der Waals surface area contributed by atoms with Crippen LogP contribution in [0.25, 0.3) is 22.1 Å². The number of hydrogen-bond acceptors (Lipinski definition) is 6. The SMILES string of the molecule is C[C@@H]1CC(n2c(Cc3cscn3)nc3cnc4cccnc4c32)CCO1. The summed E-state index contributed by atoms with van der Waals surface area (Å²) in [7, 11) is 0. The summed E-state index contributed by atoms with van der Waals surface area (Å²) in [5, 5.41) is 2.09. The van der Waals surface area contributed by atoms with Gasteiger partial charge in [-0.15, -0.1) is 11.3 Å². The van der Waals surface area contributed by atoms with E-state index in [1.807, 2.05) is 30.0 Å². The van der Waals surface area contributed by atoms with Crippen molar-refractivity contribution in [1.82, 2.24) is 24.5 Å². The molecule has 26 heavy (non-hydrogen) atoms. The van der Waals surface area contributed by atoms with Gasteiger partial charge in [0.1, 0.15) is 16.9 Å². The zero-order chi connectivity index (χ0) is 17.5. The molecule has 1 fully saturated rings. The van der Waals surface area contributed by atoms with E-state index in [1.54, 1.807) is 11.3 Å². The van der Waals surface area contributed by atoms with Gasteiger partial charge in [-0.3, -0.25) is 9.97 Å². The van der Waals surface area contributed by atoms with E-state index < -0.39 is 0 Å². The van der Waals surface area contributed by atoms with E-state index in [1.165, 1.54) is 0 Å². The molecule has 2 atom stereocenters. The Hall–Kier alpha value is -2.38. The first-order valence-electron chi connectivity index (χ1n) is 8.89. The number of fused-ring (bicyclic) bond motifs is 3. The number of thiazole rings is 1. The molecule has 0 aliphatic carbocycles. The fourth-order valence-electron chi connectivity index (χ4n) is 3.85. The van der Waals surface area contributed by atoms with Gasteiger partial charge >= 0.3 is 0 Å². The summed E-state index contributed by atoms with van der Waals surface area (Å²) in [6.45, 7) is 2.92. The van der Waals surface area contributed by atoms with Crippen molar-refractivity contribution in [2.45, 2.75) is 38.3 Å². The fraction of sp³-hybridized carbons (Fsp3) is 0.368. The Balaban J connectivity index is 1.74. The van der Waals surface area contributed by atoms with E-state index in [2.05, 4.69) is 31.8 Å². The van der Waals surface area contributed by atoms with Crippen LogP contribution in [-0.4, -0.2) is 37.2 Å². The molecule has 132 valence electrons. The maximum absolute atomic E-state index is 5.78. The zero-order valence-corrected chi connectivity index (χ0v) is 15.3. The minimum absolute atomic E-state index is 0.249. The zero-order valence-electron chi connectivity index (χ0n) is 14.5. The van der Waals surface area contributed by atoms with Crippen LogP contribution < -0.4 is 0 Å². The lowest BCUT2D eigenvalue weighted by molar-refractivity contribution is 0.00630. The third-order valence-corrected chi connectivity index (χ3v) is 5.63. The Morgan fingerprint density at radius 2 is 2.23 bits per heavy atom. The van der Waals surface area contributed by atoms with Gasteiger partial charge in [-0.05, 0) is 31.9 Å². The number of ether oxygens (including phenoxy) is 1. The number of rotatable bonds is 3. The first-order valence-corrected chi connectivity index (χ1v) is 9.83. The monoisotopic (exact) mass is 365 g/mol. The van der Waals surface area contributed by atoms with Crippen molar-refractivity contribution in [2.75, 3.05) is 6.61 Å². The fourth-order valence-corrected chi connectivity index (χ4v) is 4.41. The molecule has 1 aliphatic heterocycles. The minimum atomic E-state index is 0.249. The molecule has 0 N–H and O–H groups in total. The third kappa shape index (κ3) is 2.68. The van der Waals surface area contributed by atoms with Gasteiger partial charge in [0.15, 0.2) is 0 Å². The Labute approximate surface area is 154 Å². The molecule has 0 amide bonds. The summed E-state index contributed by atoms with van der Waals surface area (Å²) in [5.41, 5.74) is 6.73. The molecule has 0 aromatic carbocycles. The molecule has 6 nitrogen and oxygen atoms in total. The molecule has 0 radical (unpaired) electrons. The van der Waals surface area contributed by atoms with E-state index in [-0.39, 0.29) is 6.10 Å². The van der Waals surface area contributed by atoms with Gasteiger partial charge in [0.25, 0.3) is 0 Å². The standard InChI is InChI=1S/C19H19N5OS/c1-12-7-14(4-6-25-12)24-17(8-13-10-26-11-22-13)23-16-9-21-15-3-2-5-20-18(15)19(16)24/h2-3,5,9-12,14H,4,6-8H2,1H3/t12-,14?/m1/s1. The lowest BCUT2D eigenvalue weighted by Crippen LogP contribution is -2.26. The van der Waals surface area contributed by atoms with Gasteiger partial charge in [0.05, 0.1) is 34.5 Å². The Bertz CT molecular complexity index is 1060. The summed E-state index contributed by atoms with van der Waals surface area (Å²) in [5.74, 6) is 1.03. The van der Waals surface area contributed by atoms with Crippen molar-refractivity contribution in [3.8, 4) is 0 Å². The smallest absolute Gasteiger partial charge is 0.116 e. The molecule has 0 saturated carbocycles. The van der Waals surface area contributed by atoms with Gasteiger partial charge in [-0.2, -0.15) is 0 Å². The van der Waals surface area contributed by atoms with Crippen molar-refractivity contribution >= 4 is 33.4 Å². The summed E-state index contributed by atoms with van der Waals surface area (Å²) in [6.07, 6.45) is 6.62. The van der Waals surface area contributed by atoms with Crippen molar-refractivity contribution in [3.05, 3.63) is 46.9 Å². The van der Waals surface area contributed by atoms with Crippen LogP contribution in [-0.2, 0) is 11.2 Å². The predicted molar refractivity (Wildman–Crippen MR) is 101 cm³/mol. The molecule has 0 spiro atoms. The molecule has 1 saturated heterocycles. The highest BCUT2D eigenvalue weighted by atomic mass is 32.1. The number of nitrogens with zero attached hydrogens (tertiary/aromatic N) is 5. The summed E-state index contributed by atoms with van der Waals surface area (Å²) < 4.78 is 8.16. The average molecular weight is 365 g/mol. The van der Waals surface area contributed by atoms with Crippen LogP contribution in [0.3, 0.4) is 0 Å². The van der Waals surface area contributed by atoms with Gasteiger partial charge in [0.2, 0.25) is 0 Å². The number of pyridine rings is 2. The summed E-state index contributed by atoms with van der Waals surface area (Å²) >= 11 is 1.62. The maximum atomic E-state index is 5.78. The highest BCUT2D eigenvalue weighted by Crippen LogP contribution is 2.33. The molecule has 7 heteroatoms. The van der Waals surface area contributed by atoms with Gasteiger partial charge in [-0.25, -0.2) is 9.97 Å². The quantitative estimate of drug-likeness (QED) is 0.553. The second-order valence-electron chi connectivity index (χ2n) is 6.78. The summed E-state index contributed by atoms with van der Waals surface area (Å²) in [4.78, 5) is 18.5. The second kappa shape index (κ2) is 6.41. The lowest BCUT2D eigenvalue weighted by atomic mass is 10.0. The third-order valence-electron chi connectivity index (χ3n) is 4.99. The van der Waals surface area contributed by atoms with E-state index in [4.69, 9.17) is 9.72 Å². The minimum Gasteiger partial charge on any atom is -0.378 e. The van der Waals surface area contributed by atoms with E-state index >= 15 is 0 Å². The molecule has 0 bridgehead atoms. The average Bonchev–Trinajstić information content (AvgIpc) is 3.29. The Kier molecular flexibility index (Phi) is 3.90. The topological polar surface area (TPSA) is 65.7 Å². The van der Waals surface area contributed by atoms with E-state index in [0.717, 1.165) is 59.5 Å². The molecular weight excluding hydrogens is 346 g/mol. The van der Waals surface area contributed by atoms with Crippen LogP contribution in [0.2, 0.25) is 0 Å². The Morgan fingerprint density at radius 1 is 1.27 bits per heavy atom. The highest BCUT2D eigenvalue weighted by molar-refractivity contribution is 7.07. The van der Waals surface area contributed by atoms with Crippen molar-refractivity contribution < 1.29 is 4.74 Å². The van der Waals surface area contributed by atoms with Crippen LogP contribution in [0.1, 0.15) is 37.3 Å². The number of imidazole rings is 1. The number of hydrogen-bond donors (Lipinski definition) is 0. The van der Waals surface area contributed by atoms with Crippen LogP contribution in [0.4, 0.5) is 0 Å². The Morgan fingerprint density at radius 3 is 3.08 bits per heavy atom. The van der Waals surface area contributed by atoms with Crippen LogP contribution in [0.15, 0.2) is 35.4 Å². The van der Waals surface area contributed by atoms with Crippen molar-refractivity contribution in [1.29, 1.82) is 0 Å². The van der Waals surface area contributed by atoms with Gasteiger partial charge in [0, 0.05) is 30.6 Å². The first kappa shape index (κ1) is 15.8. The van der Waals surface area contributed by atoms with Crippen molar-refractivity contribution in [3.63, 3.8) is 0 Å². The molecule has 4 aromatic heterocycles. The van der Waals surface area contributed by atoms with Gasteiger partial charge < -0.3 is 9.30 Å². The molecule has 1 unspecified atom stereocenters. The first-order chi connectivity index (χ1) is 12.8. The molecular formula is C19H19N5OS. The molecule has 5 rings (SSSR count). The normalized spacial score (nSPS) is 20.8. The van der Waals surface area contributed by atoms with Crippen LogP contribution >= 0.6 is 11.3 Å². The van der Waals surface area contributed by atoms with E-state index in [9.17, 15) is 0 Å². The van der Waals surface area contributed by atoms with Crippen molar-refractivity contribution in [2.24, 2.45) is 0 Å². The summed E-state index contributed by atoms with van der Waals surface area (Å²) in [6, 6.07) is 4.28. The van der Waals surface area contributed by atoms with Crippen LogP contribution in [0.5, 0.6) is 0 Å². The molecule has 5 heterocycles. The maximum Gasteiger partial charge on any atom is 0.116 e. The largest absolute Gasteiger partial charge is 0.378 e. The molecule has 1 aliphatic rings.